The second-order valence-electron chi connectivity index (χ2n) is 4.89. The molecule has 2 aromatic heterocycles. The van der Waals surface area contributed by atoms with Crippen molar-refractivity contribution in [2.45, 2.75) is 19.3 Å². The lowest BCUT2D eigenvalue weighted by Gasteiger charge is -2.12. The molecule has 0 amide bonds. The Morgan fingerprint density at radius 1 is 1.50 bits per heavy atom. The quantitative estimate of drug-likeness (QED) is 0.887. The summed E-state index contributed by atoms with van der Waals surface area (Å²) >= 11 is 3.45. The van der Waals surface area contributed by atoms with Gasteiger partial charge in [-0.15, -0.1) is 5.10 Å². The van der Waals surface area contributed by atoms with Gasteiger partial charge in [0.15, 0.2) is 5.65 Å². The van der Waals surface area contributed by atoms with Gasteiger partial charge in [-0.25, -0.2) is 4.52 Å². The van der Waals surface area contributed by atoms with E-state index in [1.807, 2.05) is 18.3 Å². The number of aliphatic hydroxyl groups is 1. The van der Waals surface area contributed by atoms with Crippen LogP contribution in [0.5, 0.6) is 0 Å². The molecular weight excluding hydrogens is 296 g/mol. The van der Waals surface area contributed by atoms with Crippen molar-refractivity contribution in [3.05, 3.63) is 22.8 Å². The molecule has 1 saturated carbocycles. The summed E-state index contributed by atoms with van der Waals surface area (Å²) in [4.78, 5) is 4.43. The summed E-state index contributed by atoms with van der Waals surface area (Å²) in [6.45, 7) is 1.09. The standard InChI is InChI=1S/C12H15BrN4O/c13-9-2-1-6-17-10(9)15-11(16-17)14-8-12(3-4-12)5-7-18/h1-2,6,18H,3-5,7-8H2,(H,14,16). The van der Waals surface area contributed by atoms with Gasteiger partial charge in [0.05, 0.1) is 4.47 Å². The third kappa shape index (κ3) is 2.22. The topological polar surface area (TPSA) is 62.5 Å². The van der Waals surface area contributed by atoms with Gasteiger partial charge in [-0.3, -0.25) is 0 Å². The highest BCUT2D eigenvalue weighted by Gasteiger charge is 2.41. The first-order chi connectivity index (χ1) is 8.72. The second kappa shape index (κ2) is 4.51. The molecule has 0 saturated heterocycles. The minimum absolute atomic E-state index is 0.256. The van der Waals surface area contributed by atoms with Crippen LogP contribution in [-0.2, 0) is 0 Å². The molecule has 0 aliphatic heterocycles. The van der Waals surface area contributed by atoms with Crippen molar-refractivity contribution in [2.75, 3.05) is 18.5 Å². The number of hydrogen-bond acceptors (Lipinski definition) is 4. The predicted octanol–water partition coefficient (Wildman–Crippen LogP) is 2.07. The van der Waals surface area contributed by atoms with E-state index < -0.39 is 0 Å². The molecule has 0 spiro atoms. The third-order valence-corrected chi connectivity index (χ3v) is 4.15. The summed E-state index contributed by atoms with van der Waals surface area (Å²) in [5.41, 5.74) is 1.08. The zero-order valence-electron chi connectivity index (χ0n) is 9.93. The van der Waals surface area contributed by atoms with Gasteiger partial charge in [0.25, 0.3) is 0 Å². The highest BCUT2D eigenvalue weighted by atomic mass is 79.9. The minimum Gasteiger partial charge on any atom is -0.396 e. The molecule has 0 bridgehead atoms. The van der Waals surface area contributed by atoms with Crippen LogP contribution in [0, 0.1) is 5.41 Å². The first-order valence-electron chi connectivity index (χ1n) is 6.08. The minimum atomic E-state index is 0.256. The molecule has 1 aliphatic rings. The molecule has 0 aromatic carbocycles. The molecule has 0 atom stereocenters. The Morgan fingerprint density at radius 2 is 2.33 bits per heavy atom. The Hall–Kier alpha value is -1.14. The van der Waals surface area contributed by atoms with Crippen LogP contribution >= 0.6 is 15.9 Å². The molecule has 18 heavy (non-hydrogen) atoms. The molecule has 2 heterocycles. The van der Waals surface area contributed by atoms with Crippen LogP contribution in [-0.4, -0.2) is 32.9 Å². The fourth-order valence-electron chi connectivity index (χ4n) is 2.14. The lowest BCUT2D eigenvalue weighted by molar-refractivity contribution is 0.253. The highest BCUT2D eigenvalue weighted by molar-refractivity contribution is 9.10. The molecule has 0 radical (unpaired) electrons. The van der Waals surface area contributed by atoms with Gasteiger partial charge in [-0.05, 0) is 52.7 Å². The van der Waals surface area contributed by atoms with Crippen molar-refractivity contribution in [3.63, 3.8) is 0 Å². The molecular formula is C12H15BrN4O. The molecule has 6 heteroatoms. The number of nitrogens with zero attached hydrogens (tertiary/aromatic N) is 3. The van der Waals surface area contributed by atoms with Crippen LogP contribution in [0.4, 0.5) is 5.95 Å². The van der Waals surface area contributed by atoms with Gasteiger partial charge in [0, 0.05) is 19.3 Å². The number of pyridine rings is 1. The molecule has 2 aromatic rings. The number of fused-ring (bicyclic) bond motifs is 1. The van der Waals surface area contributed by atoms with Gasteiger partial charge in [0.1, 0.15) is 0 Å². The zero-order chi connectivity index (χ0) is 12.6. The Morgan fingerprint density at radius 3 is 3.00 bits per heavy atom. The normalized spacial score (nSPS) is 17.0. The fraction of sp³-hybridized carbons (Fsp3) is 0.500. The largest absolute Gasteiger partial charge is 0.396 e. The Bertz CT molecular complexity index is 564. The number of anilines is 1. The van der Waals surface area contributed by atoms with E-state index in [1.54, 1.807) is 4.52 Å². The number of halogens is 1. The van der Waals surface area contributed by atoms with Crippen LogP contribution < -0.4 is 5.32 Å². The van der Waals surface area contributed by atoms with E-state index in [0.29, 0.717) is 5.95 Å². The summed E-state index contributed by atoms with van der Waals surface area (Å²) in [6, 6.07) is 3.87. The number of aromatic nitrogens is 3. The number of rotatable bonds is 5. The molecule has 1 fully saturated rings. The maximum absolute atomic E-state index is 9.02. The van der Waals surface area contributed by atoms with Crippen LogP contribution in [0.3, 0.4) is 0 Å². The number of nitrogens with one attached hydrogen (secondary N) is 1. The summed E-state index contributed by atoms with van der Waals surface area (Å²) in [5, 5.41) is 16.7. The van der Waals surface area contributed by atoms with E-state index in [9.17, 15) is 0 Å². The highest BCUT2D eigenvalue weighted by Crippen LogP contribution is 2.48. The van der Waals surface area contributed by atoms with Gasteiger partial charge < -0.3 is 10.4 Å². The Balaban J connectivity index is 1.73. The van der Waals surface area contributed by atoms with E-state index in [4.69, 9.17) is 5.11 Å². The Kier molecular flexibility index (Phi) is 2.99. The van der Waals surface area contributed by atoms with Crippen molar-refractivity contribution in [1.82, 2.24) is 14.6 Å². The fourth-order valence-corrected chi connectivity index (χ4v) is 2.57. The molecule has 96 valence electrons. The summed E-state index contributed by atoms with van der Waals surface area (Å²) < 4.78 is 2.68. The van der Waals surface area contributed by atoms with E-state index in [-0.39, 0.29) is 12.0 Å². The molecule has 1 aliphatic carbocycles. The zero-order valence-corrected chi connectivity index (χ0v) is 11.5. The average molecular weight is 311 g/mol. The molecule has 3 rings (SSSR count). The Labute approximate surface area is 113 Å². The van der Waals surface area contributed by atoms with Crippen molar-refractivity contribution < 1.29 is 5.11 Å². The van der Waals surface area contributed by atoms with Gasteiger partial charge in [-0.2, -0.15) is 4.98 Å². The predicted molar refractivity (Wildman–Crippen MR) is 72.5 cm³/mol. The van der Waals surface area contributed by atoms with Crippen LogP contribution in [0.25, 0.3) is 5.65 Å². The number of aliphatic hydroxyl groups excluding tert-OH is 1. The van der Waals surface area contributed by atoms with Crippen LogP contribution in [0.2, 0.25) is 0 Å². The van der Waals surface area contributed by atoms with Crippen molar-refractivity contribution in [1.29, 1.82) is 0 Å². The van der Waals surface area contributed by atoms with Gasteiger partial charge >= 0.3 is 0 Å². The lowest BCUT2D eigenvalue weighted by atomic mass is 10.0. The third-order valence-electron chi connectivity index (χ3n) is 3.54. The first-order valence-corrected chi connectivity index (χ1v) is 6.87. The van der Waals surface area contributed by atoms with Gasteiger partial charge in [0.2, 0.25) is 5.95 Å². The van der Waals surface area contributed by atoms with Gasteiger partial charge in [-0.1, -0.05) is 0 Å². The molecule has 2 N–H and O–H groups in total. The summed E-state index contributed by atoms with van der Waals surface area (Å²) in [5.74, 6) is 0.645. The maximum atomic E-state index is 9.02. The maximum Gasteiger partial charge on any atom is 0.243 e. The summed E-state index contributed by atoms with van der Waals surface area (Å²) in [6.07, 6.45) is 5.09. The van der Waals surface area contributed by atoms with Crippen molar-refractivity contribution in [3.8, 4) is 0 Å². The molecule has 0 unspecified atom stereocenters. The van der Waals surface area contributed by atoms with E-state index in [1.165, 1.54) is 12.8 Å². The van der Waals surface area contributed by atoms with E-state index in [0.717, 1.165) is 23.1 Å². The van der Waals surface area contributed by atoms with Crippen LogP contribution in [0.1, 0.15) is 19.3 Å². The van der Waals surface area contributed by atoms with E-state index in [2.05, 4.69) is 31.3 Å². The van der Waals surface area contributed by atoms with E-state index >= 15 is 0 Å². The average Bonchev–Trinajstić information content (AvgIpc) is 2.98. The smallest absolute Gasteiger partial charge is 0.243 e. The van der Waals surface area contributed by atoms with Crippen molar-refractivity contribution >= 4 is 27.5 Å². The van der Waals surface area contributed by atoms with Crippen molar-refractivity contribution in [2.24, 2.45) is 5.41 Å². The second-order valence-corrected chi connectivity index (χ2v) is 5.74. The number of hydrogen-bond donors (Lipinski definition) is 2. The monoisotopic (exact) mass is 310 g/mol. The lowest BCUT2D eigenvalue weighted by Crippen LogP contribution is -2.17. The first kappa shape index (κ1) is 11.9. The summed E-state index contributed by atoms with van der Waals surface area (Å²) in [7, 11) is 0. The molecule has 5 nitrogen and oxygen atoms in total. The SMILES string of the molecule is OCCC1(CNc2nc3c(Br)cccn3n2)CC1. The van der Waals surface area contributed by atoms with Crippen LogP contribution in [0.15, 0.2) is 22.8 Å².